The van der Waals surface area contributed by atoms with Crippen LogP contribution in [0.1, 0.15) is 34.9 Å². The highest BCUT2D eigenvalue weighted by Crippen LogP contribution is 2.25. The molecule has 2 aromatic rings. The van der Waals surface area contributed by atoms with Gasteiger partial charge in [0.15, 0.2) is 0 Å². The second-order valence-electron chi connectivity index (χ2n) is 6.60. The van der Waals surface area contributed by atoms with Crippen LogP contribution in [0, 0.1) is 0 Å². The third kappa shape index (κ3) is 3.93. The van der Waals surface area contributed by atoms with Crippen molar-refractivity contribution in [1.29, 1.82) is 0 Å². The lowest BCUT2D eigenvalue weighted by Gasteiger charge is -2.21. The van der Waals surface area contributed by atoms with Crippen LogP contribution >= 0.6 is 0 Å². The predicted octanol–water partition coefficient (Wildman–Crippen LogP) is 2.33. The normalized spacial score (nSPS) is 14.7. The lowest BCUT2D eigenvalue weighted by Crippen LogP contribution is -2.31. The summed E-state index contributed by atoms with van der Waals surface area (Å²) >= 11 is 0. The van der Waals surface area contributed by atoms with Crippen LogP contribution in [0.5, 0.6) is 0 Å². The van der Waals surface area contributed by atoms with Crippen LogP contribution in [0.4, 0.5) is 5.69 Å². The van der Waals surface area contributed by atoms with Crippen molar-refractivity contribution in [3.63, 3.8) is 0 Å². The van der Waals surface area contributed by atoms with E-state index in [2.05, 4.69) is 0 Å². The van der Waals surface area contributed by atoms with Crippen molar-refractivity contribution in [2.75, 3.05) is 19.0 Å². The molecule has 1 aliphatic rings. The van der Waals surface area contributed by atoms with Gasteiger partial charge in [-0.25, -0.2) is 4.79 Å². The Bertz CT molecular complexity index is 907. The third-order valence-electron chi connectivity index (χ3n) is 4.38. The third-order valence-corrected chi connectivity index (χ3v) is 4.38. The zero-order valence-electron chi connectivity index (χ0n) is 15.6. The number of esters is 1. The van der Waals surface area contributed by atoms with Gasteiger partial charge in [0.1, 0.15) is 0 Å². The molecule has 1 heterocycles. The van der Waals surface area contributed by atoms with E-state index in [1.807, 2.05) is 0 Å². The van der Waals surface area contributed by atoms with Crippen molar-refractivity contribution < 1.29 is 23.9 Å². The fourth-order valence-corrected chi connectivity index (χ4v) is 2.93. The Labute approximate surface area is 162 Å². The van der Waals surface area contributed by atoms with Crippen LogP contribution in [0.25, 0.3) is 0 Å². The largest absolute Gasteiger partial charge is 0.444 e. The molecular formula is C21H20N2O5. The Morgan fingerprint density at radius 2 is 1.61 bits per heavy atom. The summed E-state index contributed by atoms with van der Waals surface area (Å²) in [5, 5.41) is 0. The lowest BCUT2D eigenvalue weighted by atomic mass is 10.1. The highest BCUT2D eigenvalue weighted by Gasteiger charge is 2.31. The summed E-state index contributed by atoms with van der Waals surface area (Å²) in [5.41, 5.74) is 1.02. The van der Waals surface area contributed by atoms with Gasteiger partial charge in [0.05, 0.1) is 11.3 Å². The van der Waals surface area contributed by atoms with E-state index in [-0.39, 0.29) is 36.1 Å². The topological polar surface area (TPSA) is 84.0 Å². The average Bonchev–Trinajstić information content (AvgIpc) is 3.04. The molecule has 28 heavy (non-hydrogen) atoms. The molecule has 1 saturated heterocycles. The van der Waals surface area contributed by atoms with E-state index in [4.69, 9.17) is 4.74 Å². The van der Waals surface area contributed by atoms with Crippen LogP contribution in [0.15, 0.2) is 54.6 Å². The predicted molar refractivity (Wildman–Crippen MR) is 101 cm³/mol. The first-order valence-electron chi connectivity index (χ1n) is 8.81. The number of nitrogens with zero attached hydrogens (tertiary/aromatic N) is 2. The number of carbonyl (C=O) groups excluding carboxylic acids is 4. The van der Waals surface area contributed by atoms with Gasteiger partial charge >= 0.3 is 5.97 Å². The molecule has 0 radical (unpaired) electrons. The van der Waals surface area contributed by atoms with Gasteiger partial charge in [0.25, 0.3) is 5.91 Å². The number of likely N-dealkylation sites (N-methyl/N-ethyl adjacent to an activating group) is 1. The zero-order valence-corrected chi connectivity index (χ0v) is 15.6. The number of benzene rings is 2. The van der Waals surface area contributed by atoms with Gasteiger partial charge in [-0.05, 0) is 18.2 Å². The van der Waals surface area contributed by atoms with E-state index < -0.39 is 12.1 Å². The van der Waals surface area contributed by atoms with Crippen molar-refractivity contribution in [2.24, 2.45) is 0 Å². The fourth-order valence-electron chi connectivity index (χ4n) is 2.93. The van der Waals surface area contributed by atoms with Gasteiger partial charge in [0.2, 0.25) is 17.9 Å². The number of rotatable bonds is 5. The summed E-state index contributed by atoms with van der Waals surface area (Å²) in [7, 11) is 3.16. The van der Waals surface area contributed by atoms with E-state index in [1.54, 1.807) is 56.6 Å². The molecular weight excluding hydrogens is 360 g/mol. The maximum absolute atomic E-state index is 12.7. The highest BCUT2D eigenvalue weighted by molar-refractivity contribution is 6.20. The zero-order chi connectivity index (χ0) is 20.3. The molecule has 0 spiro atoms. The number of imide groups is 1. The van der Waals surface area contributed by atoms with Crippen molar-refractivity contribution in [3.8, 4) is 0 Å². The smallest absolute Gasteiger partial charge is 0.339 e. The maximum atomic E-state index is 12.7. The van der Waals surface area contributed by atoms with Crippen LogP contribution in [0.2, 0.25) is 0 Å². The molecule has 1 fully saturated rings. The fraction of sp³-hybridized carbons (Fsp3) is 0.238. The summed E-state index contributed by atoms with van der Waals surface area (Å²) < 4.78 is 5.50. The van der Waals surface area contributed by atoms with E-state index in [0.717, 1.165) is 4.90 Å². The Hall–Kier alpha value is -3.48. The van der Waals surface area contributed by atoms with E-state index >= 15 is 0 Å². The Morgan fingerprint density at radius 3 is 2.21 bits per heavy atom. The summed E-state index contributed by atoms with van der Waals surface area (Å²) in [5.74, 6) is -1.70. The van der Waals surface area contributed by atoms with Crippen LogP contribution < -0.4 is 4.90 Å². The Morgan fingerprint density at radius 1 is 0.964 bits per heavy atom. The molecule has 3 rings (SSSR count). The minimum absolute atomic E-state index is 0.150. The van der Waals surface area contributed by atoms with Crippen molar-refractivity contribution in [2.45, 2.75) is 18.9 Å². The summed E-state index contributed by atoms with van der Waals surface area (Å²) in [6.45, 7) is 0. The number of anilines is 1. The first-order chi connectivity index (χ1) is 13.4. The van der Waals surface area contributed by atoms with Crippen molar-refractivity contribution in [3.05, 3.63) is 65.7 Å². The van der Waals surface area contributed by atoms with Crippen molar-refractivity contribution in [1.82, 2.24) is 4.90 Å². The van der Waals surface area contributed by atoms with Crippen LogP contribution in [0.3, 0.4) is 0 Å². The summed E-state index contributed by atoms with van der Waals surface area (Å²) in [6, 6.07) is 14.8. The second kappa shape index (κ2) is 8.04. The molecule has 0 aliphatic carbocycles. The molecule has 0 aromatic heterocycles. The molecule has 7 nitrogen and oxygen atoms in total. The van der Waals surface area contributed by atoms with Gasteiger partial charge < -0.3 is 9.64 Å². The number of carbonyl (C=O) groups is 4. The molecule has 3 amide bonds. The van der Waals surface area contributed by atoms with E-state index in [9.17, 15) is 19.2 Å². The molecule has 2 aromatic carbocycles. The summed E-state index contributed by atoms with van der Waals surface area (Å²) in [6.07, 6.45) is -0.788. The van der Waals surface area contributed by atoms with Gasteiger partial charge in [-0.15, -0.1) is 0 Å². The maximum Gasteiger partial charge on any atom is 0.339 e. The number of hydrogen-bond acceptors (Lipinski definition) is 5. The molecule has 0 N–H and O–H groups in total. The number of amides is 3. The Balaban J connectivity index is 1.86. The average molecular weight is 380 g/mol. The number of ether oxygens (including phenoxy) is 1. The minimum atomic E-state index is -1.09. The minimum Gasteiger partial charge on any atom is -0.444 e. The molecule has 1 aliphatic heterocycles. The van der Waals surface area contributed by atoms with Crippen molar-refractivity contribution >= 4 is 29.4 Å². The van der Waals surface area contributed by atoms with Gasteiger partial charge in [-0.3, -0.25) is 19.3 Å². The monoisotopic (exact) mass is 380 g/mol. The summed E-state index contributed by atoms with van der Waals surface area (Å²) in [4.78, 5) is 51.5. The standard InChI is InChI=1S/C21H20N2O5/c1-22(2)20(26)19(14-7-4-3-5-8-14)28-21(27)15-9-6-10-16(13-15)23-17(24)11-12-18(23)25/h3-10,13,19H,11-12H2,1-2H3/t19-/m1/s1. The molecule has 0 unspecified atom stereocenters. The van der Waals surface area contributed by atoms with E-state index in [0.29, 0.717) is 11.3 Å². The Kier molecular flexibility index (Phi) is 5.54. The van der Waals surface area contributed by atoms with Gasteiger partial charge in [-0.2, -0.15) is 0 Å². The molecule has 7 heteroatoms. The second-order valence-corrected chi connectivity index (χ2v) is 6.60. The van der Waals surface area contributed by atoms with Crippen LogP contribution in [-0.4, -0.2) is 42.7 Å². The lowest BCUT2D eigenvalue weighted by molar-refractivity contribution is -0.138. The van der Waals surface area contributed by atoms with Gasteiger partial charge in [-0.1, -0.05) is 36.4 Å². The highest BCUT2D eigenvalue weighted by atomic mass is 16.5. The van der Waals surface area contributed by atoms with E-state index in [1.165, 1.54) is 17.0 Å². The molecule has 0 saturated carbocycles. The molecule has 144 valence electrons. The molecule has 0 bridgehead atoms. The van der Waals surface area contributed by atoms with Crippen LogP contribution in [-0.2, 0) is 19.1 Å². The first kappa shape index (κ1) is 19.3. The quantitative estimate of drug-likeness (QED) is 0.587. The SMILES string of the molecule is CN(C)C(=O)[C@H](OC(=O)c1cccc(N2C(=O)CCC2=O)c1)c1ccccc1. The van der Waals surface area contributed by atoms with Gasteiger partial charge in [0, 0.05) is 32.5 Å². The first-order valence-corrected chi connectivity index (χ1v) is 8.81. The molecule has 1 atom stereocenters. The number of hydrogen-bond donors (Lipinski definition) is 0.